The molecule has 2 aromatic carbocycles. The number of halogens is 1. The predicted molar refractivity (Wildman–Crippen MR) is 117 cm³/mol. The number of hydrogen-bond acceptors (Lipinski definition) is 3. The third-order valence-corrected chi connectivity index (χ3v) is 6.56. The Kier molecular flexibility index (Phi) is 4.70. The molecule has 2 heterocycles. The number of amides is 3. The number of rotatable bonds is 2. The van der Waals surface area contributed by atoms with Crippen molar-refractivity contribution in [2.24, 2.45) is 11.8 Å². The third-order valence-electron chi connectivity index (χ3n) is 6.06. The Hall–Kier alpha value is -2.93. The molecule has 0 saturated carbocycles. The van der Waals surface area contributed by atoms with Crippen LogP contribution < -0.4 is 15.3 Å². The molecule has 3 aliphatic rings. The summed E-state index contributed by atoms with van der Waals surface area (Å²) in [5, 5.41) is 1.30. The number of anilines is 2. The number of fused-ring (bicyclic) bond motifs is 2. The van der Waals surface area contributed by atoms with Crippen LogP contribution in [0.15, 0.2) is 59.1 Å². The van der Waals surface area contributed by atoms with E-state index in [0.29, 0.717) is 30.6 Å². The molecule has 30 heavy (non-hydrogen) atoms. The van der Waals surface area contributed by atoms with Crippen molar-refractivity contribution in [1.29, 1.82) is 0 Å². The van der Waals surface area contributed by atoms with Gasteiger partial charge < -0.3 is 4.90 Å². The minimum Gasteiger partial charge on any atom is -0.308 e. The van der Waals surface area contributed by atoms with E-state index < -0.39 is 0 Å². The van der Waals surface area contributed by atoms with Gasteiger partial charge in [0.05, 0.1) is 17.5 Å². The first-order valence-corrected chi connectivity index (χ1v) is 10.8. The lowest BCUT2D eigenvalue weighted by Gasteiger charge is -2.38. The summed E-state index contributed by atoms with van der Waals surface area (Å²) < 4.78 is 0.993. The lowest BCUT2D eigenvalue weighted by molar-refractivity contribution is -0.139. The summed E-state index contributed by atoms with van der Waals surface area (Å²) in [7, 11) is 0. The highest BCUT2D eigenvalue weighted by Gasteiger charge is 2.42. The minimum absolute atomic E-state index is 0.118. The fourth-order valence-corrected chi connectivity index (χ4v) is 4.91. The molecule has 0 spiro atoms. The second-order valence-corrected chi connectivity index (χ2v) is 8.75. The minimum atomic E-state index is -0.355. The van der Waals surface area contributed by atoms with Crippen molar-refractivity contribution in [2.45, 2.75) is 19.3 Å². The SMILES string of the molecule is O=C1NN(c2cccc(C(=O)N3CCc4cc(Br)ccc43)c2)C(=O)[C@@H]2CC=CC[C@H]12. The first-order chi connectivity index (χ1) is 14.5. The van der Waals surface area contributed by atoms with Crippen LogP contribution >= 0.6 is 15.9 Å². The first-order valence-electron chi connectivity index (χ1n) is 10.0. The summed E-state index contributed by atoms with van der Waals surface area (Å²) in [6.07, 6.45) is 5.86. The van der Waals surface area contributed by atoms with Gasteiger partial charge in [-0.3, -0.25) is 19.8 Å². The topological polar surface area (TPSA) is 69.7 Å². The van der Waals surface area contributed by atoms with E-state index >= 15 is 0 Å². The highest BCUT2D eigenvalue weighted by molar-refractivity contribution is 9.10. The lowest BCUT2D eigenvalue weighted by atomic mass is 9.80. The van der Waals surface area contributed by atoms with Crippen LogP contribution in [0.4, 0.5) is 11.4 Å². The molecule has 152 valence electrons. The summed E-state index contributed by atoms with van der Waals surface area (Å²) in [6.45, 7) is 0.615. The number of benzene rings is 2. The quantitative estimate of drug-likeness (QED) is 0.688. The van der Waals surface area contributed by atoms with Crippen molar-refractivity contribution in [3.63, 3.8) is 0 Å². The average molecular weight is 466 g/mol. The van der Waals surface area contributed by atoms with Crippen LogP contribution in [0.2, 0.25) is 0 Å². The van der Waals surface area contributed by atoms with E-state index in [1.54, 1.807) is 29.2 Å². The van der Waals surface area contributed by atoms with Gasteiger partial charge in [-0.25, -0.2) is 5.01 Å². The summed E-state index contributed by atoms with van der Waals surface area (Å²) in [4.78, 5) is 40.5. The summed E-state index contributed by atoms with van der Waals surface area (Å²) in [5.41, 5.74) is 5.74. The molecule has 0 bridgehead atoms. The summed E-state index contributed by atoms with van der Waals surface area (Å²) in [6, 6.07) is 12.8. The highest BCUT2D eigenvalue weighted by Crippen LogP contribution is 2.34. The number of carbonyl (C=O) groups excluding carboxylic acids is 3. The van der Waals surface area contributed by atoms with Crippen LogP contribution in [0.5, 0.6) is 0 Å². The molecule has 0 radical (unpaired) electrons. The molecular weight excluding hydrogens is 446 g/mol. The Balaban J connectivity index is 1.43. The number of nitrogens with one attached hydrogen (secondary N) is 1. The van der Waals surface area contributed by atoms with Crippen LogP contribution in [0, 0.1) is 11.8 Å². The first kappa shape index (κ1) is 19.1. The van der Waals surface area contributed by atoms with Gasteiger partial charge >= 0.3 is 0 Å². The maximum absolute atomic E-state index is 13.2. The Morgan fingerprint density at radius 3 is 2.67 bits per heavy atom. The molecule has 2 aliphatic heterocycles. The molecular formula is C23H20BrN3O3. The van der Waals surface area contributed by atoms with Gasteiger partial charge in [0.25, 0.3) is 5.91 Å². The van der Waals surface area contributed by atoms with Crippen molar-refractivity contribution in [3.8, 4) is 0 Å². The fraction of sp³-hybridized carbons (Fsp3) is 0.261. The van der Waals surface area contributed by atoms with Gasteiger partial charge in [-0.1, -0.05) is 34.1 Å². The van der Waals surface area contributed by atoms with Crippen molar-refractivity contribution in [1.82, 2.24) is 5.43 Å². The molecule has 1 aliphatic carbocycles. The standard InChI is InChI=1S/C23H20BrN3O3/c24-16-8-9-20-14(12-16)10-11-26(20)22(29)15-4-3-5-17(13-15)27-23(30)19-7-2-1-6-18(19)21(28)25-27/h1-5,8-9,12-13,18-19H,6-7,10-11H2,(H,25,28)/t18-,19+/m0/s1. The molecule has 0 aromatic heterocycles. The molecule has 1 saturated heterocycles. The zero-order chi connectivity index (χ0) is 20.8. The maximum Gasteiger partial charge on any atom is 0.258 e. The summed E-state index contributed by atoms with van der Waals surface area (Å²) >= 11 is 3.48. The van der Waals surface area contributed by atoms with Crippen molar-refractivity contribution in [2.75, 3.05) is 16.5 Å². The second-order valence-electron chi connectivity index (χ2n) is 7.84. The third kappa shape index (κ3) is 3.13. The van der Waals surface area contributed by atoms with E-state index in [0.717, 1.165) is 22.1 Å². The summed E-state index contributed by atoms with van der Waals surface area (Å²) in [5.74, 6) is -1.08. The molecule has 2 atom stereocenters. The molecule has 5 rings (SSSR count). The van der Waals surface area contributed by atoms with E-state index in [1.807, 2.05) is 30.4 Å². The zero-order valence-electron chi connectivity index (χ0n) is 16.2. The molecule has 1 fully saturated rings. The maximum atomic E-state index is 13.2. The van der Waals surface area contributed by atoms with Gasteiger partial charge in [-0.05, 0) is 61.2 Å². The average Bonchev–Trinajstić information content (AvgIpc) is 3.19. The van der Waals surface area contributed by atoms with Crippen LogP contribution in [0.1, 0.15) is 28.8 Å². The Morgan fingerprint density at radius 1 is 1.03 bits per heavy atom. The Labute approximate surface area is 182 Å². The second kappa shape index (κ2) is 7.40. The Bertz CT molecular complexity index is 1100. The van der Waals surface area contributed by atoms with E-state index in [2.05, 4.69) is 21.4 Å². The van der Waals surface area contributed by atoms with Gasteiger partial charge in [0.1, 0.15) is 0 Å². The normalized spacial score (nSPS) is 22.6. The number of hydrogen-bond donors (Lipinski definition) is 1. The number of nitrogens with zero attached hydrogens (tertiary/aromatic N) is 2. The zero-order valence-corrected chi connectivity index (χ0v) is 17.8. The van der Waals surface area contributed by atoms with Crippen LogP contribution in [-0.4, -0.2) is 24.3 Å². The van der Waals surface area contributed by atoms with Crippen molar-refractivity contribution in [3.05, 3.63) is 70.2 Å². The predicted octanol–water partition coefficient (Wildman–Crippen LogP) is 3.61. The van der Waals surface area contributed by atoms with Gasteiger partial charge in [0.15, 0.2) is 0 Å². The van der Waals surface area contributed by atoms with Crippen LogP contribution in [0.25, 0.3) is 0 Å². The molecule has 1 N–H and O–H groups in total. The number of hydrazine groups is 1. The highest BCUT2D eigenvalue weighted by atomic mass is 79.9. The molecule has 0 unspecified atom stereocenters. The number of allylic oxidation sites excluding steroid dienone is 2. The van der Waals surface area contributed by atoms with Gasteiger partial charge in [-0.15, -0.1) is 0 Å². The molecule has 6 nitrogen and oxygen atoms in total. The lowest BCUT2D eigenvalue weighted by Crippen LogP contribution is -2.59. The van der Waals surface area contributed by atoms with E-state index in [1.165, 1.54) is 5.01 Å². The monoisotopic (exact) mass is 465 g/mol. The molecule has 2 aromatic rings. The van der Waals surface area contributed by atoms with Crippen LogP contribution in [0.3, 0.4) is 0 Å². The van der Waals surface area contributed by atoms with Crippen molar-refractivity contribution < 1.29 is 14.4 Å². The van der Waals surface area contributed by atoms with E-state index in [9.17, 15) is 14.4 Å². The van der Waals surface area contributed by atoms with E-state index in [4.69, 9.17) is 0 Å². The molecule has 7 heteroatoms. The number of carbonyl (C=O) groups is 3. The van der Waals surface area contributed by atoms with Gasteiger partial charge in [0.2, 0.25) is 11.8 Å². The largest absolute Gasteiger partial charge is 0.308 e. The van der Waals surface area contributed by atoms with E-state index in [-0.39, 0.29) is 29.6 Å². The van der Waals surface area contributed by atoms with Gasteiger partial charge in [0, 0.05) is 22.3 Å². The smallest absolute Gasteiger partial charge is 0.258 e. The molecule has 3 amide bonds. The fourth-order valence-electron chi connectivity index (χ4n) is 4.50. The van der Waals surface area contributed by atoms with Crippen LogP contribution in [-0.2, 0) is 16.0 Å². The Morgan fingerprint density at radius 2 is 1.83 bits per heavy atom. The van der Waals surface area contributed by atoms with Gasteiger partial charge in [-0.2, -0.15) is 0 Å². The van der Waals surface area contributed by atoms with Crippen molar-refractivity contribution >= 4 is 45.0 Å².